The van der Waals surface area contributed by atoms with Crippen LogP contribution in [0.2, 0.25) is 0 Å². The van der Waals surface area contributed by atoms with Gasteiger partial charge in [0, 0.05) is 44.5 Å². The van der Waals surface area contributed by atoms with Crippen LogP contribution >= 0.6 is 0 Å². The number of carbonyl (C=O) groups excluding carboxylic acids is 1. The SMILES string of the molecule is COc1cccc(NC(=O)CN2CCN(CCO)CC2)c1. The van der Waals surface area contributed by atoms with Crippen molar-refractivity contribution in [3.8, 4) is 5.75 Å². The van der Waals surface area contributed by atoms with Gasteiger partial charge in [-0.25, -0.2) is 0 Å². The summed E-state index contributed by atoms with van der Waals surface area (Å²) in [6.07, 6.45) is 0. The van der Waals surface area contributed by atoms with Gasteiger partial charge < -0.3 is 15.2 Å². The molecule has 0 saturated carbocycles. The molecule has 0 aliphatic carbocycles. The van der Waals surface area contributed by atoms with Gasteiger partial charge in [0.25, 0.3) is 0 Å². The second kappa shape index (κ2) is 7.97. The number of nitrogens with one attached hydrogen (secondary N) is 1. The number of rotatable bonds is 6. The van der Waals surface area contributed by atoms with Crippen molar-refractivity contribution in [2.45, 2.75) is 0 Å². The predicted octanol–water partition coefficient (Wildman–Crippen LogP) is 0.244. The molecule has 1 fully saturated rings. The van der Waals surface area contributed by atoms with Crippen molar-refractivity contribution in [2.75, 3.05) is 58.3 Å². The van der Waals surface area contributed by atoms with E-state index < -0.39 is 0 Å². The molecule has 1 aliphatic rings. The second-order valence-electron chi connectivity index (χ2n) is 5.12. The van der Waals surface area contributed by atoms with Gasteiger partial charge in [-0.15, -0.1) is 0 Å². The summed E-state index contributed by atoms with van der Waals surface area (Å²) in [5.74, 6) is 0.712. The summed E-state index contributed by atoms with van der Waals surface area (Å²) in [5.41, 5.74) is 0.748. The number of amides is 1. The standard InChI is InChI=1S/C15H23N3O3/c1-21-14-4-2-3-13(11-14)16-15(20)12-18-7-5-17(6-8-18)9-10-19/h2-4,11,19H,5-10,12H2,1H3,(H,16,20). The number of β-amino-alcohol motifs (C(OH)–C–C–N with tert-alkyl or cyclic N) is 1. The Morgan fingerprint density at radius 2 is 2.00 bits per heavy atom. The minimum atomic E-state index is -0.0149. The summed E-state index contributed by atoms with van der Waals surface area (Å²) in [4.78, 5) is 16.4. The summed E-state index contributed by atoms with van der Waals surface area (Å²) in [5, 5.41) is 11.8. The number of methoxy groups -OCH3 is 1. The van der Waals surface area contributed by atoms with Gasteiger partial charge in [-0.1, -0.05) is 6.07 Å². The van der Waals surface area contributed by atoms with Gasteiger partial charge in [0.05, 0.1) is 20.3 Å². The molecule has 0 radical (unpaired) electrons. The maximum Gasteiger partial charge on any atom is 0.238 e. The number of piperazine rings is 1. The minimum absolute atomic E-state index is 0.0149. The van der Waals surface area contributed by atoms with Gasteiger partial charge in [-0.2, -0.15) is 0 Å². The molecule has 6 heteroatoms. The Hall–Kier alpha value is -1.63. The van der Waals surface area contributed by atoms with E-state index in [1.54, 1.807) is 13.2 Å². The van der Waals surface area contributed by atoms with Crippen molar-refractivity contribution < 1.29 is 14.6 Å². The van der Waals surface area contributed by atoms with Crippen molar-refractivity contribution in [2.24, 2.45) is 0 Å². The highest BCUT2D eigenvalue weighted by atomic mass is 16.5. The van der Waals surface area contributed by atoms with Crippen LogP contribution in [0.4, 0.5) is 5.69 Å². The Morgan fingerprint density at radius 3 is 2.67 bits per heavy atom. The highest BCUT2D eigenvalue weighted by molar-refractivity contribution is 5.92. The zero-order valence-corrected chi connectivity index (χ0v) is 12.4. The molecule has 21 heavy (non-hydrogen) atoms. The molecule has 1 amide bonds. The number of carbonyl (C=O) groups is 1. The Balaban J connectivity index is 1.77. The van der Waals surface area contributed by atoms with Crippen LogP contribution in [0, 0.1) is 0 Å². The van der Waals surface area contributed by atoms with E-state index in [0.29, 0.717) is 13.1 Å². The van der Waals surface area contributed by atoms with Gasteiger partial charge in [0.2, 0.25) is 5.91 Å². The first-order valence-electron chi connectivity index (χ1n) is 7.21. The summed E-state index contributed by atoms with van der Waals surface area (Å²) < 4.78 is 5.13. The molecular weight excluding hydrogens is 270 g/mol. The zero-order valence-electron chi connectivity index (χ0n) is 12.4. The molecule has 0 atom stereocenters. The van der Waals surface area contributed by atoms with E-state index in [0.717, 1.165) is 37.6 Å². The molecule has 0 aromatic heterocycles. The van der Waals surface area contributed by atoms with Crippen molar-refractivity contribution in [1.29, 1.82) is 0 Å². The van der Waals surface area contributed by atoms with Crippen molar-refractivity contribution in [3.05, 3.63) is 24.3 Å². The Kier molecular flexibility index (Phi) is 5.98. The van der Waals surface area contributed by atoms with Gasteiger partial charge in [0.15, 0.2) is 0 Å². The summed E-state index contributed by atoms with van der Waals surface area (Å²) in [7, 11) is 1.60. The van der Waals surface area contributed by atoms with Crippen molar-refractivity contribution >= 4 is 11.6 Å². The number of nitrogens with zero attached hydrogens (tertiary/aromatic N) is 2. The summed E-state index contributed by atoms with van der Waals surface area (Å²) in [6, 6.07) is 7.34. The van der Waals surface area contributed by atoms with E-state index in [1.807, 2.05) is 18.2 Å². The lowest BCUT2D eigenvalue weighted by molar-refractivity contribution is -0.117. The molecule has 0 spiro atoms. The third-order valence-electron chi connectivity index (χ3n) is 3.60. The van der Waals surface area contributed by atoms with Gasteiger partial charge in [-0.3, -0.25) is 14.6 Å². The quantitative estimate of drug-likeness (QED) is 0.787. The number of ether oxygens (including phenoxy) is 1. The Morgan fingerprint density at radius 1 is 1.29 bits per heavy atom. The smallest absolute Gasteiger partial charge is 0.238 e. The van der Waals surface area contributed by atoms with Crippen LogP contribution in [-0.2, 0) is 4.79 Å². The molecule has 6 nitrogen and oxygen atoms in total. The van der Waals surface area contributed by atoms with Crippen LogP contribution in [0.5, 0.6) is 5.75 Å². The third kappa shape index (κ3) is 5.00. The van der Waals surface area contributed by atoms with E-state index in [9.17, 15) is 4.79 Å². The first kappa shape index (κ1) is 15.8. The molecule has 1 aromatic carbocycles. The molecule has 1 saturated heterocycles. The number of hydrogen-bond acceptors (Lipinski definition) is 5. The van der Waals surface area contributed by atoms with Gasteiger partial charge in [-0.05, 0) is 12.1 Å². The van der Waals surface area contributed by atoms with Crippen LogP contribution in [0.15, 0.2) is 24.3 Å². The minimum Gasteiger partial charge on any atom is -0.497 e. The van der Waals surface area contributed by atoms with E-state index >= 15 is 0 Å². The van der Waals surface area contributed by atoms with Crippen LogP contribution < -0.4 is 10.1 Å². The van der Waals surface area contributed by atoms with Crippen molar-refractivity contribution in [1.82, 2.24) is 9.80 Å². The van der Waals surface area contributed by atoms with Crippen LogP contribution in [-0.4, -0.2) is 73.8 Å². The first-order valence-corrected chi connectivity index (χ1v) is 7.21. The van der Waals surface area contributed by atoms with Crippen molar-refractivity contribution in [3.63, 3.8) is 0 Å². The fourth-order valence-corrected chi connectivity index (χ4v) is 2.42. The van der Waals surface area contributed by atoms with Gasteiger partial charge >= 0.3 is 0 Å². The maximum absolute atomic E-state index is 12.0. The van der Waals surface area contributed by atoms with Crippen LogP contribution in [0.3, 0.4) is 0 Å². The van der Waals surface area contributed by atoms with E-state index in [-0.39, 0.29) is 12.5 Å². The number of aliphatic hydroxyl groups is 1. The molecule has 0 bridgehead atoms. The Bertz CT molecular complexity index is 459. The topological polar surface area (TPSA) is 65.0 Å². The molecule has 1 aliphatic heterocycles. The molecule has 1 heterocycles. The zero-order chi connectivity index (χ0) is 15.1. The fraction of sp³-hybridized carbons (Fsp3) is 0.533. The average Bonchev–Trinajstić information content (AvgIpc) is 2.49. The summed E-state index contributed by atoms with van der Waals surface area (Å²) in [6.45, 7) is 4.79. The highest BCUT2D eigenvalue weighted by Crippen LogP contribution is 2.16. The molecular formula is C15H23N3O3. The molecule has 0 unspecified atom stereocenters. The number of anilines is 1. The van der Waals surface area contributed by atoms with Crippen LogP contribution in [0.25, 0.3) is 0 Å². The molecule has 2 N–H and O–H groups in total. The second-order valence-corrected chi connectivity index (χ2v) is 5.12. The van der Waals surface area contributed by atoms with Gasteiger partial charge in [0.1, 0.15) is 5.75 Å². The largest absolute Gasteiger partial charge is 0.497 e. The van der Waals surface area contributed by atoms with Crippen LogP contribution in [0.1, 0.15) is 0 Å². The lowest BCUT2D eigenvalue weighted by Crippen LogP contribution is -2.49. The molecule has 1 aromatic rings. The number of aliphatic hydroxyl groups excluding tert-OH is 1. The van der Waals surface area contributed by atoms with E-state index in [2.05, 4.69) is 15.1 Å². The maximum atomic E-state index is 12.0. The lowest BCUT2D eigenvalue weighted by atomic mass is 10.3. The monoisotopic (exact) mass is 293 g/mol. The molecule has 2 rings (SSSR count). The average molecular weight is 293 g/mol. The fourth-order valence-electron chi connectivity index (χ4n) is 2.42. The lowest BCUT2D eigenvalue weighted by Gasteiger charge is -2.33. The predicted molar refractivity (Wildman–Crippen MR) is 81.6 cm³/mol. The number of benzene rings is 1. The molecule has 116 valence electrons. The third-order valence-corrected chi connectivity index (χ3v) is 3.60. The van der Waals surface area contributed by atoms with E-state index in [1.165, 1.54) is 0 Å². The highest BCUT2D eigenvalue weighted by Gasteiger charge is 2.18. The first-order chi connectivity index (χ1) is 10.2. The van der Waals surface area contributed by atoms with E-state index in [4.69, 9.17) is 9.84 Å². The Labute approximate surface area is 125 Å². The number of hydrogen-bond donors (Lipinski definition) is 2. The summed E-state index contributed by atoms with van der Waals surface area (Å²) >= 11 is 0. The normalized spacial score (nSPS) is 16.7.